The van der Waals surface area contributed by atoms with E-state index >= 15 is 0 Å². The van der Waals surface area contributed by atoms with Crippen LogP contribution in [-0.2, 0) is 20.9 Å². The molecule has 0 aliphatic rings. The lowest BCUT2D eigenvalue weighted by molar-refractivity contribution is 0.202. The van der Waals surface area contributed by atoms with E-state index in [1.54, 1.807) is 0 Å². The lowest BCUT2D eigenvalue weighted by atomic mass is 10.5. The van der Waals surface area contributed by atoms with Gasteiger partial charge in [0.05, 0.1) is 0 Å². The van der Waals surface area contributed by atoms with Crippen LogP contribution in [0.5, 0.6) is 0 Å². The molecule has 1 unspecified atom stereocenters. The molecular weight excluding hydrogens is 171 g/mol. The SMILES string of the molecule is CCC(O)P(=S)(OC)OC. The second kappa shape index (κ2) is 4.42. The summed E-state index contributed by atoms with van der Waals surface area (Å²) in [5.74, 6) is -0.641. The van der Waals surface area contributed by atoms with Crippen molar-refractivity contribution in [3.8, 4) is 0 Å². The first-order valence-corrected chi connectivity index (χ1v) is 5.70. The third kappa shape index (κ3) is 2.29. The van der Waals surface area contributed by atoms with Gasteiger partial charge in [0.25, 0.3) is 0 Å². The molecule has 0 aliphatic heterocycles. The molecule has 3 nitrogen and oxygen atoms in total. The molecule has 0 fully saturated rings. The highest BCUT2D eigenvalue weighted by atomic mass is 32.5. The summed E-state index contributed by atoms with van der Waals surface area (Å²) in [6.07, 6.45) is 0.568. The minimum Gasteiger partial charge on any atom is -0.383 e. The monoisotopic (exact) mass is 184 g/mol. The quantitative estimate of drug-likeness (QED) is 0.669. The maximum Gasteiger partial charge on any atom is 0.216 e. The molecule has 10 heavy (non-hydrogen) atoms. The van der Waals surface area contributed by atoms with E-state index in [0.717, 1.165) is 0 Å². The first-order chi connectivity index (χ1) is 4.60. The molecule has 0 saturated heterocycles. The highest BCUT2D eigenvalue weighted by Gasteiger charge is 2.24. The highest BCUT2D eigenvalue weighted by Crippen LogP contribution is 2.51. The summed E-state index contributed by atoms with van der Waals surface area (Å²) in [6, 6.07) is 0. The van der Waals surface area contributed by atoms with E-state index in [9.17, 15) is 5.11 Å². The third-order valence-electron chi connectivity index (χ3n) is 1.24. The molecule has 1 atom stereocenters. The molecule has 0 aliphatic carbocycles. The van der Waals surface area contributed by atoms with E-state index in [1.807, 2.05) is 6.92 Å². The van der Waals surface area contributed by atoms with Crippen molar-refractivity contribution in [2.75, 3.05) is 14.2 Å². The number of hydrogen-bond donors (Lipinski definition) is 1. The lowest BCUT2D eigenvalue weighted by Crippen LogP contribution is -2.08. The minimum atomic E-state index is -2.38. The Kier molecular flexibility index (Phi) is 4.65. The van der Waals surface area contributed by atoms with Crippen molar-refractivity contribution >= 4 is 18.3 Å². The van der Waals surface area contributed by atoms with Gasteiger partial charge in [-0.05, 0) is 18.2 Å². The summed E-state index contributed by atoms with van der Waals surface area (Å²) in [6.45, 7) is -0.546. The Morgan fingerprint density at radius 2 is 1.90 bits per heavy atom. The normalized spacial score (nSPS) is 15.2. The Bertz CT molecular complexity index is 131. The van der Waals surface area contributed by atoms with E-state index in [1.165, 1.54) is 14.2 Å². The van der Waals surface area contributed by atoms with Crippen LogP contribution in [0.15, 0.2) is 0 Å². The first-order valence-electron chi connectivity index (χ1n) is 3.00. The van der Waals surface area contributed by atoms with Gasteiger partial charge in [-0.2, -0.15) is 0 Å². The van der Waals surface area contributed by atoms with Crippen molar-refractivity contribution in [3.63, 3.8) is 0 Å². The van der Waals surface area contributed by atoms with Crippen molar-refractivity contribution in [1.29, 1.82) is 0 Å². The van der Waals surface area contributed by atoms with Crippen LogP contribution in [0.25, 0.3) is 0 Å². The predicted molar refractivity (Wildman–Crippen MR) is 44.6 cm³/mol. The van der Waals surface area contributed by atoms with Gasteiger partial charge >= 0.3 is 0 Å². The molecule has 5 heteroatoms. The van der Waals surface area contributed by atoms with Crippen molar-refractivity contribution in [2.24, 2.45) is 0 Å². The summed E-state index contributed by atoms with van der Waals surface area (Å²) < 4.78 is 9.79. The number of hydrogen-bond acceptors (Lipinski definition) is 4. The Morgan fingerprint density at radius 3 is 2.00 bits per heavy atom. The van der Waals surface area contributed by atoms with Crippen molar-refractivity contribution in [3.05, 3.63) is 0 Å². The largest absolute Gasteiger partial charge is 0.383 e. The number of aliphatic hydroxyl groups is 1. The second-order valence-corrected chi connectivity index (χ2v) is 5.73. The van der Waals surface area contributed by atoms with E-state index in [2.05, 4.69) is 0 Å². The maximum absolute atomic E-state index is 9.27. The molecule has 0 bridgehead atoms. The van der Waals surface area contributed by atoms with E-state index in [-0.39, 0.29) is 0 Å². The van der Waals surface area contributed by atoms with Gasteiger partial charge in [-0.3, -0.25) is 0 Å². The predicted octanol–water partition coefficient (Wildman–Crippen LogP) is 1.32. The van der Waals surface area contributed by atoms with Crippen molar-refractivity contribution < 1.29 is 14.2 Å². The van der Waals surface area contributed by atoms with Crippen molar-refractivity contribution in [1.82, 2.24) is 0 Å². The van der Waals surface area contributed by atoms with Crippen LogP contribution in [0.3, 0.4) is 0 Å². The summed E-state index contributed by atoms with van der Waals surface area (Å²) in [5.41, 5.74) is 0. The molecule has 0 aromatic heterocycles. The highest BCUT2D eigenvalue weighted by molar-refractivity contribution is 8.10. The Morgan fingerprint density at radius 1 is 1.50 bits per heavy atom. The fraction of sp³-hybridized carbons (Fsp3) is 1.00. The molecular formula is C5H13O3PS. The molecule has 0 spiro atoms. The van der Waals surface area contributed by atoms with Gasteiger partial charge in [-0.1, -0.05) is 6.92 Å². The van der Waals surface area contributed by atoms with Gasteiger partial charge in [0.15, 0.2) is 0 Å². The lowest BCUT2D eigenvalue weighted by Gasteiger charge is -2.22. The Balaban J connectivity index is 4.18. The molecule has 0 aromatic carbocycles. The Hall–Kier alpha value is 0.530. The molecule has 0 heterocycles. The molecule has 0 saturated carbocycles. The number of rotatable bonds is 4. The van der Waals surface area contributed by atoms with Crippen LogP contribution >= 0.6 is 6.49 Å². The average molecular weight is 184 g/mol. The van der Waals surface area contributed by atoms with E-state index < -0.39 is 12.3 Å². The topological polar surface area (TPSA) is 38.7 Å². The zero-order chi connectivity index (χ0) is 8.20. The minimum absolute atomic E-state index is 0.568. The van der Waals surface area contributed by atoms with Gasteiger partial charge in [0.1, 0.15) is 5.85 Å². The van der Waals surface area contributed by atoms with Gasteiger partial charge in [0, 0.05) is 14.2 Å². The summed E-state index contributed by atoms with van der Waals surface area (Å²) in [4.78, 5) is 0. The smallest absolute Gasteiger partial charge is 0.216 e. The molecule has 0 radical (unpaired) electrons. The molecule has 1 N–H and O–H groups in total. The standard InChI is InChI=1S/C5H13O3PS/c1-4-5(6)9(10,7-2)8-3/h5-6H,4H2,1-3H3. The summed E-state index contributed by atoms with van der Waals surface area (Å²) in [5, 5.41) is 9.27. The van der Waals surface area contributed by atoms with Gasteiger partial charge in [-0.15, -0.1) is 0 Å². The van der Waals surface area contributed by atoms with Crippen LogP contribution in [0.1, 0.15) is 13.3 Å². The maximum atomic E-state index is 9.27. The fourth-order valence-corrected chi connectivity index (χ4v) is 2.07. The summed E-state index contributed by atoms with van der Waals surface area (Å²) in [7, 11) is 2.92. The fourth-order valence-electron chi connectivity index (χ4n) is 0.541. The second-order valence-electron chi connectivity index (χ2n) is 1.79. The molecule has 0 amide bonds. The van der Waals surface area contributed by atoms with Gasteiger partial charge in [0.2, 0.25) is 6.49 Å². The zero-order valence-electron chi connectivity index (χ0n) is 6.40. The molecule has 62 valence electrons. The average Bonchev–Trinajstić information content (AvgIpc) is 2.01. The molecule has 0 rings (SSSR count). The number of aliphatic hydroxyl groups excluding tert-OH is 1. The van der Waals surface area contributed by atoms with Crippen LogP contribution < -0.4 is 0 Å². The first kappa shape index (κ1) is 10.5. The zero-order valence-corrected chi connectivity index (χ0v) is 8.11. The van der Waals surface area contributed by atoms with Gasteiger partial charge < -0.3 is 14.2 Å². The molecule has 0 aromatic rings. The van der Waals surface area contributed by atoms with Gasteiger partial charge in [-0.25, -0.2) is 0 Å². The Labute approximate surface area is 66.5 Å². The summed E-state index contributed by atoms with van der Waals surface area (Å²) >= 11 is 4.94. The van der Waals surface area contributed by atoms with Crippen LogP contribution in [0.2, 0.25) is 0 Å². The third-order valence-corrected chi connectivity index (χ3v) is 4.98. The van der Waals surface area contributed by atoms with Crippen LogP contribution in [0, 0.1) is 0 Å². The van der Waals surface area contributed by atoms with Crippen LogP contribution in [-0.4, -0.2) is 25.2 Å². The van der Waals surface area contributed by atoms with Crippen LogP contribution in [0.4, 0.5) is 0 Å². The van der Waals surface area contributed by atoms with E-state index in [4.69, 9.17) is 20.9 Å². The van der Waals surface area contributed by atoms with Crippen molar-refractivity contribution in [2.45, 2.75) is 19.2 Å². The van der Waals surface area contributed by atoms with E-state index in [0.29, 0.717) is 6.42 Å².